The molecule has 1 N–H and O–H groups in total. The third kappa shape index (κ3) is 2.50. The van der Waals surface area contributed by atoms with Gasteiger partial charge in [0.2, 0.25) is 0 Å². The van der Waals surface area contributed by atoms with Crippen LogP contribution in [0.5, 0.6) is 0 Å². The lowest BCUT2D eigenvalue weighted by molar-refractivity contribution is 0.00578. The Hall–Kier alpha value is -0.0551. The summed E-state index contributed by atoms with van der Waals surface area (Å²) in [7, 11) is -0.172. The minimum absolute atomic E-state index is 0.172. The fourth-order valence-electron chi connectivity index (χ4n) is 1.46. The second-order valence-corrected chi connectivity index (χ2v) is 5.11. The molecule has 82 valence electrons. The fraction of sp³-hybridized carbons (Fsp3) is 1.00. The summed E-state index contributed by atoms with van der Waals surface area (Å²) in [6, 6.07) is 0. The molecular formula is C10H21BO3. The van der Waals surface area contributed by atoms with Gasteiger partial charge >= 0.3 is 7.12 Å². The first kappa shape index (κ1) is 12.0. The normalized spacial score (nSPS) is 26.6. The molecule has 1 aliphatic rings. The van der Waals surface area contributed by atoms with E-state index in [1.807, 2.05) is 27.7 Å². The van der Waals surface area contributed by atoms with Gasteiger partial charge in [-0.05, 0) is 47.4 Å². The van der Waals surface area contributed by atoms with Gasteiger partial charge < -0.3 is 14.4 Å². The first-order valence-electron chi connectivity index (χ1n) is 5.28. The van der Waals surface area contributed by atoms with Crippen LogP contribution >= 0.6 is 0 Å². The van der Waals surface area contributed by atoms with Crippen molar-refractivity contribution >= 4 is 7.12 Å². The van der Waals surface area contributed by atoms with E-state index in [0.717, 1.165) is 12.7 Å². The summed E-state index contributed by atoms with van der Waals surface area (Å²) < 4.78 is 11.6. The molecule has 0 aromatic heterocycles. The predicted octanol–water partition coefficient (Wildman–Crippen LogP) is 1.85. The minimum Gasteiger partial charge on any atom is -0.403 e. The Kier molecular flexibility index (Phi) is 3.29. The Morgan fingerprint density at radius 1 is 1.14 bits per heavy atom. The van der Waals surface area contributed by atoms with Gasteiger partial charge in [0.25, 0.3) is 0 Å². The zero-order valence-electron chi connectivity index (χ0n) is 9.83. The molecule has 4 heteroatoms. The van der Waals surface area contributed by atoms with Gasteiger partial charge in [-0.2, -0.15) is 0 Å². The maximum absolute atomic E-state index is 9.16. The average Bonchev–Trinajstić information content (AvgIpc) is 2.17. The number of aliphatic hydroxyl groups is 1. The average molecular weight is 200 g/mol. The monoisotopic (exact) mass is 200 g/mol. The summed E-state index contributed by atoms with van der Waals surface area (Å²) in [5.41, 5.74) is -0.507. The van der Waals surface area contributed by atoms with Crippen molar-refractivity contribution in [2.24, 2.45) is 0 Å². The van der Waals surface area contributed by atoms with Gasteiger partial charge in [0.15, 0.2) is 0 Å². The van der Waals surface area contributed by atoms with E-state index >= 15 is 0 Å². The number of rotatable bonds is 3. The molecule has 1 heterocycles. The molecule has 0 saturated carbocycles. The summed E-state index contributed by atoms with van der Waals surface area (Å²) in [6.45, 7) is 9.93. The van der Waals surface area contributed by atoms with Crippen LogP contribution in [0.4, 0.5) is 0 Å². The summed E-state index contributed by atoms with van der Waals surface area (Å²) >= 11 is 0. The van der Waals surface area contributed by atoms with Crippen molar-refractivity contribution in [1.82, 2.24) is 0 Å². The molecule has 14 heavy (non-hydrogen) atoms. The van der Waals surface area contributed by atoms with Gasteiger partial charge in [-0.15, -0.1) is 0 Å². The fourth-order valence-corrected chi connectivity index (χ4v) is 1.46. The molecule has 0 aliphatic carbocycles. The highest BCUT2D eigenvalue weighted by Crippen LogP contribution is 2.37. The third-order valence-electron chi connectivity index (χ3n) is 3.12. The summed E-state index contributed by atoms with van der Waals surface area (Å²) in [6.07, 6.45) is 1.19. The molecule has 1 aliphatic heterocycles. The van der Waals surface area contributed by atoms with Gasteiger partial charge in [0.05, 0.1) is 17.3 Å². The molecule has 1 saturated heterocycles. The Morgan fingerprint density at radius 3 is 1.93 bits per heavy atom. The van der Waals surface area contributed by atoms with Gasteiger partial charge in [0, 0.05) is 0 Å². The van der Waals surface area contributed by atoms with Crippen molar-refractivity contribution in [2.75, 3.05) is 0 Å². The van der Waals surface area contributed by atoms with E-state index in [0.29, 0.717) is 0 Å². The molecule has 3 nitrogen and oxygen atoms in total. The zero-order valence-corrected chi connectivity index (χ0v) is 9.83. The molecule has 0 aromatic carbocycles. The van der Waals surface area contributed by atoms with Crippen LogP contribution in [0.2, 0.25) is 6.32 Å². The maximum atomic E-state index is 9.16. The first-order chi connectivity index (χ1) is 6.24. The van der Waals surface area contributed by atoms with Gasteiger partial charge in [-0.3, -0.25) is 0 Å². The lowest BCUT2D eigenvalue weighted by Gasteiger charge is -2.32. The van der Waals surface area contributed by atoms with Gasteiger partial charge in [-0.25, -0.2) is 0 Å². The molecule has 1 atom stereocenters. The Balaban J connectivity index is 2.47. The maximum Gasteiger partial charge on any atom is 0.457 e. The minimum atomic E-state index is -0.283. The zero-order chi connectivity index (χ0) is 11.0. The van der Waals surface area contributed by atoms with E-state index in [9.17, 15) is 0 Å². The highest BCUT2D eigenvalue weighted by Gasteiger charge is 2.50. The van der Waals surface area contributed by atoms with Crippen molar-refractivity contribution in [3.05, 3.63) is 0 Å². The molecule has 0 radical (unpaired) electrons. The van der Waals surface area contributed by atoms with Crippen LogP contribution in [0.15, 0.2) is 0 Å². The summed E-state index contributed by atoms with van der Waals surface area (Å²) in [5.74, 6) is 0. The molecular weight excluding hydrogens is 179 g/mol. The molecule has 0 bridgehead atoms. The first-order valence-corrected chi connectivity index (χ1v) is 5.28. The van der Waals surface area contributed by atoms with Gasteiger partial charge in [-0.1, -0.05) is 0 Å². The summed E-state index contributed by atoms with van der Waals surface area (Å²) in [5, 5.41) is 9.16. The van der Waals surface area contributed by atoms with Crippen molar-refractivity contribution in [3.8, 4) is 0 Å². The van der Waals surface area contributed by atoms with Crippen LogP contribution in [0, 0.1) is 0 Å². The largest absolute Gasteiger partial charge is 0.457 e. The van der Waals surface area contributed by atoms with E-state index in [-0.39, 0.29) is 24.4 Å². The van der Waals surface area contributed by atoms with Crippen molar-refractivity contribution in [1.29, 1.82) is 0 Å². The Bertz CT molecular complexity index is 186. The third-order valence-corrected chi connectivity index (χ3v) is 3.12. The Morgan fingerprint density at radius 2 is 1.57 bits per heavy atom. The topological polar surface area (TPSA) is 38.7 Å². The quantitative estimate of drug-likeness (QED) is 0.706. The van der Waals surface area contributed by atoms with Crippen LogP contribution in [0.3, 0.4) is 0 Å². The molecule has 1 unspecified atom stereocenters. The molecule has 0 spiro atoms. The van der Waals surface area contributed by atoms with Crippen LogP contribution < -0.4 is 0 Å². The van der Waals surface area contributed by atoms with Crippen molar-refractivity contribution in [3.63, 3.8) is 0 Å². The second-order valence-electron chi connectivity index (χ2n) is 5.11. The molecule has 0 aromatic rings. The number of aliphatic hydroxyl groups excluding tert-OH is 1. The van der Waals surface area contributed by atoms with E-state index < -0.39 is 0 Å². The smallest absolute Gasteiger partial charge is 0.403 e. The molecule has 1 fully saturated rings. The molecule has 1 rings (SSSR count). The van der Waals surface area contributed by atoms with Crippen LogP contribution in [0.1, 0.15) is 41.0 Å². The lowest BCUT2D eigenvalue weighted by Crippen LogP contribution is -2.41. The SMILES string of the molecule is CC(O)CCB1OC(C)(C)C(C)(C)O1. The highest BCUT2D eigenvalue weighted by atomic mass is 16.7. The van der Waals surface area contributed by atoms with E-state index in [2.05, 4.69) is 0 Å². The Labute approximate surface area is 86.9 Å². The number of hydrogen-bond acceptors (Lipinski definition) is 3. The second kappa shape index (κ2) is 3.84. The van der Waals surface area contributed by atoms with E-state index in [1.165, 1.54) is 0 Å². The van der Waals surface area contributed by atoms with Crippen molar-refractivity contribution < 1.29 is 14.4 Å². The van der Waals surface area contributed by atoms with Gasteiger partial charge in [0.1, 0.15) is 0 Å². The number of hydrogen-bond donors (Lipinski definition) is 1. The van der Waals surface area contributed by atoms with E-state index in [4.69, 9.17) is 14.4 Å². The van der Waals surface area contributed by atoms with Crippen molar-refractivity contribution in [2.45, 2.75) is 64.7 Å². The lowest BCUT2D eigenvalue weighted by atomic mass is 9.82. The molecule has 0 amide bonds. The van der Waals surface area contributed by atoms with E-state index in [1.54, 1.807) is 6.92 Å². The summed E-state index contributed by atoms with van der Waals surface area (Å²) in [4.78, 5) is 0. The van der Waals surface area contributed by atoms with Crippen LogP contribution in [-0.4, -0.2) is 29.5 Å². The van der Waals surface area contributed by atoms with Crippen LogP contribution in [0.25, 0.3) is 0 Å². The predicted molar refractivity (Wildman–Crippen MR) is 57.2 cm³/mol. The highest BCUT2D eigenvalue weighted by molar-refractivity contribution is 6.45. The van der Waals surface area contributed by atoms with Crippen LogP contribution in [-0.2, 0) is 9.31 Å². The standard InChI is InChI=1S/C10H21BO3/c1-8(12)6-7-11-13-9(2,3)10(4,5)14-11/h8,12H,6-7H2,1-5H3.